The van der Waals surface area contributed by atoms with E-state index in [1.54, 1.807) is 19.1 Å². The van der Waals surface area contributed by atoms with Gasteiger partial charge in [-0.1, -0.05) is 0 Å². The third kappa shape index (κ3) is 5.63. The largest absolute Gasteiger partial charge is 0.459 e. The first kappa shape index (κ1) is 22.8. The Morgan fingerprint density at radius 2 is 2.06 bits per heavy atom. The SMILES string of the molecule is Cc1cc(C(=O)COC(=O)CCCNC(=O)c2ccco2)c(C)n1C1CCS(=O)(=O)C1. The molecule has 3 heterocycles. The van der Waals surface area contributed by atoms with E-state index in [1.807, 2.05) is 11.5 Å². The number of aromatic nitrogens is 1. The number of nitrogens with one attached hydrogen (secondary N) is 1. The van der Waals surface area contributed by atoms with Crippen molar-refractivity contribution in [2.75, 3.05) is 24.7 Å². The molecule has 1 fully saturated rings. The third-order valence-electron chi connectivity index (χ3n) is 5.31. The van der Waals surface area contributed by atoms with Gasteiger partial charge in [-0.2, -0.15) is 0 Å². The van der Waals surface area contributed by atoms with Crippen LogP contribution in [-0.4, -0.2) is 55.3 Å². The number of esters is 1. The van der Waals surface area contributed by atoms with Gasteiger partial charge in [0.15, 0.2) is 22.2 Å². The lowest BCUT2D eigenvalue weighted by molar-refractivity contribution is -0.142. The first-order valence-corrected chi connectivity index (χ1v) is 11.9. The van der Waals surface area contributed by atoms with Gasteiger partial charge >= 0.3 is 5.97 Å². The van der Waals surface area contributed by atoms with E-state index in [0.717, 1.165) is 5.69 Å². The molecule has 2 aromatic rings. The summed E-state index contributed by atoms with van der Waals surface area (Å²) in [6.45, 7) is 3.49. The predicted molar refractivity (Wildman–Crippen MR) is 112 cm³/mol. The van der Waals surface area contributed by atoms with Crippen LogP contribution in [0, 0.1) is 13.8 Å². The molecule has 1 saturated heterocycles. The summed E-state index contributed by atoms with van der Waals surface area (Å²) in [6, 6.07) is 4.68. The number of carbonyl (C=O) groups excluding carboxylic acids is 3. The molecule has 0 spiro atoms. The Labute approximate surface area is 180 Å². The number of ether oxygens (including phenoxy) is 1. The Kier molecular flexibility index (Phi) is 6.99. The van der Waals surface area contributed by atoms with E-state index < -0.39 is 15.8 Å². The lowest BCUT2D eigenvalue weighted by Crippen LogP contribution is -2.24. The van der Waals surface area contributed by atoms with Crippen molar-refractivity contribution in [2.45, 2.75) is 39.2 Å². The van der Waals surface area contributed by atoms with Gasteiger partial charge in [0.2, 0.25) is 5.78 Å². The summed E-state index contributed by atoms with van der Waals surface area (Å²) < 4.78 is 35.5. The smallest absolute Gasteiger partial charge is 0.306 e. The number of carbonyl (C=O) groups is 3. The Morgan fingerprint density at radius 3 is 2.71 bits per heavy atom. The van der Waals surface area contributed by atoms with Crippen molar-refractivity contribution in [1.82, 2.24) is 9.88 Å². The van der Waals surface area contributed by atoms with Gasteiger partial charge in [0.25, 0.3) is 5.91 Å². The molecule has 9 nitrogen and oxygen atoms in total. The van der Waals surface area contributed by atoms with E-state index in [0.29, 0.717) is 24.1 Å². The monoisotopic (exact) mass is 450 g/mol. The molecule has 1 atom stereocenters. The molecular formula is C21H26N2O7S. The van der Waals surface area contributed by atoms with E-state index in [2.05, 4.69) is 5.32 Å². The molecular weight excluding hydrogens is 424 g/mol. The van der Waals surface area contributed by atoms with Crippen LogP contribution < -0.4 is 5.32 Å². The molecule has 168 valence electrons. The number of sulfone groups is 1. The molecule has 1 N–H and O–H groups in total. The molecule has 0 radical (unpaired) electrons. The Balaban J connectivity index is 1.45. The molecule has 1 aliphatic heterocycles. The number of hydrogen-bond acceptors (Lipinski definition) is 7. The van der Waals surface area contributed by atoms with Crippen LogP contribution in [0.3, 0.4) is 0 Å². The molecule has 1 aliphatic rings. The minimum atomic E-state index is -3.05. The maximum atomic E-state index is 12.6. The van der Waals surface area contributed by atoms with Gasteiger partial charge in [-0.25, -0.2) is 8.42 Å². The summed E-state index contributed by atoms with van der Waals surface area (Å²) in [7, 11) is -3.05. The zero-order valence-electron chi connectivity index (χ0n) is 17.5. The molecule has 0 aromatic carbocycles. The van der Waals surface area contributed by atoms with Gasteiger partial charge in [-0.3, -0.25) is 14.4 Å². The molecule has 31 heavy (non-hydrogen) atoms. The first-order chi connectivity index (χ1) is 14.7. The lowest BCUT2D eigenvalue weighted by Gasteiger charge is -2.16. The van der Waals surface area contributed by atoms with Gasteiger partial charge in [0.1, 0.15) is 0 Å². The summed E-state index contributed by atoms with van der Waals surface area (Å²) in [5.74, 6) is -0.809. The maximum absolute atomic E-state index is 12.6. The second-order valence-electron chi connectivity index (χ2n) is 7.63. The van der Waals surface area contributed by atoms with Gasteiger partial charge in [-0.05, 0) is 44.9 Å². The number of ketones is 1. The van der Waals surface area contributed by atoms with E-state index in [9.17, 15) is 22.8 Å². The summed E-state index contributed by atoms with van der Waals surface area (Å²) in [6.07, 6.45) is 2.35. The molecule has 2 aromatic heterocycles. The Bertz CT molecular complexity index is 1070. The van der Waals surface area contributed by atoms with Crippen molar-refractivity contribution < 1.29 is 32.0 Å². The minimum absolute atomic E-state index is 0.0602. The highest BCUT2D eigenvalue weighted by Crippen LogP contribution is 2.29. The summed E-state index contributed by atoms with van der Waals surface area (Å²) in [5, 5.41) is 2.63. The lowest BCUT2D eigenvalue weighted by atomic mass is 10.1. The van der Waals surface area contributed by atoms with Crippen LogP contribution >= 0.6 is 0 Å². The van der Waals surface area contributed by atoms with Crippen LogP contribution in [-0.2, 0) is 19.4 Å². The predicted octanol–water partition coefficient (Wildman–Crippen LogP) is 1.99. The van der Waals surface area contributed by atoms with Crippen molar-refractivity contribution in [3.05, 3.63) is 47.2 Å². The molecule has 1 amide bonds. The van der Waals surface area contributed by atoms with E-state index >= 15 is 0 Å². The van der Waals surface area contributed by atoms with Gasteiger partial charge in [0, 0.05) is 36.0 Å². The van der Waals surface area contributed by atoms with Crippen molar-refractivity contribution in [3.8, 4) is 0 Å². The van der Waals surface area contributed by atoms with Crippen molar-refractivity contribution in [1.29, 1.82) is 0 Å². The molecule has 10 heteroatoms. The molecule has 0 saturated carbocycles. The first-order valence-electron chi connectivity index (χ1n) is 10.1. The average Bonchev–Trinajstić information content (AvgIpc) is 3.43. The van der Waals surface area contributed by atoms with Crippen LogP contribution in [0.1, 0.15) is 57.6 Å². The highest BCUT2D eigenvalue weighted by Gasteiger charge is 2.31. The normalized spacial score (nSPS) is 17.4. The molecule has 1 unspecified atom stereocenters. The third-order valence-corrected chi connectivity index (χ3v) is 7.06. The highest BCUT2D eigenvalue weighted by atomic mass is 32.2. The van der Waals surface area contributed by atoms with Crippen LogP contribution in [0.15, 0.2) is 28.9 Å². The van der Waals surface area contributed by atoms with Crippen molar-refractivity contribution in [2.24, 2.45) is 0 Å². The number of furan rings is 1. The van der Waals surface area contributed by atoms with Gasteiger partial charge in [-0.15, -0.1) is 0 Å². The average molecular weight is 451 g/mol. The van der Waals surface area contributed by atoms with Crippen LogP contribution in [0.25, 0.3) is 0 Å². The number of nitrogens with zero attached hydrogens (tertiary/aromatic N) is 1. The van der Waals surface area contributed by atoms with Crippen molar-refractivity contribution in [3.63, 3.8) is 0 Å². The number of Topliss-reactive ketones (excluding diaryl/α,β-unsaturated/α-hetero) is 1. The molecule has 3 rings (SSSR count). The fraction of sp³-hybridized carbons (Fsp3) is 0.476. The quantitative estimate of drug-likeness (QED) is 0.352. The summed E-state index contributed by atoms with van der Waals surface area (Å²) >= 11 is 0. The number of amides is 1. The standard InChI is InChI=1S/C21H26N2O7S/c1-14-11-17(15(2)23(14)16-7-10-31(27,28)13-16)18(24)12-30-20(25)6-3-8-22-21(26)19-5-4-9-29-19/h4-5,9,11,16H,3,6-8,10,12-13H2,1-2H3,(H,22,26). The zero-order valence-corrected chi connectivity index (χ0v) is 18.4. The number of aryl methyl sites for hydroxylation is 1. The molecule has 0 aliphatic carbocycles. The zero-order chi connectivity index (χ0) is 22.6. The van der Waals surface area contributed by atoms with Gasteiger partial charge in [0.05, 0.1) is 17.8 Å². The fourth-order valence-electron chi connectivity index (χ4n) is 3.83. The number of hydrogen-bond donors (Lipinski definition) is 1. The van der Waals surface area contributed by atoms with E-state index in [4.69, 9.17) is 9.15 Å². The second kappa shape index (κ2) is 9.51. The maximum Gasteiger partial charge on any atom is 0.306 e. The Hall–Kier alpha value is -2.88. The Morgan fingerprint density at radius 1 is 1.29 bits per heavy atom. The fourth-order valence-corrected chi connectivity index (χ4v) is 5.53. The van der Waals surface area contributed by atoms with Crippen LogP contribution in [0.5, 0.6) is 0 Å². The van der Waals surface area contributed by atoms with Crippen LogP contribution in [0.4, 0.5) is 0 Å². The van der Waals surface area contributed by atoms with Crippen molar-refractivity contribution >= 4 is 27.5 Å². The second-order valence-corrected chi connectivity index (χ2v) is 9.86. The van der Waals surface area contributed by atoms with E-state index in [-0.39, 0.29) is 54.6 Å². The highest BCUT2D eigenvalue weighted by molar-refractivity contribution is 7.91. The number of rotatable bonds is 9. The summed E-state index contributed by atoms with van der Waals surface area (Å²) in [5.41, 5.74) is 1.92. The topological polar surface area (TPSA) is 125 Å². The van der Waals surface area contributed by atoms with Gasteiger partial charge < -0.3 is 19.0 Å². The molecule has 0 bridgehead atoms. The van der Waals surface area contributed by atoms with E-state index in [1.165, 1.54) is 12.3 Å². The summed E-state index contributed by atoms with van der Waals surface area (Å²) in [4.78, 5) is 36.2. The minimum Gasteiger partial charge on any atom is -0.459 e. The van der Waals surface area contributed by atoms with Crippen LogP contribution in [0.2, 0.25) is 0 Å².